The third-order valence-corrected chi connectivity index (χ3v) is 3.87. The minimum absolute atomic E-state index is 0.199. The maximum absolute atomic E-state index is 12.3. The van der Waals surface area contributed by atoms with E-state index in [1.807, 2.05) is 0 Å². The summed E-state index contributed by atoms with van der Waals surface area (Å²) in [7, 11) is 0. The summed E-state index contributed by atoms with van der Waals surface area (Å²) in [6.07, 6.45) is 0.199. The molecule has 0 aliphatic carbocycles. The zero-order chi connectivity index (χ0) is 18.4. The highest BCUT2D eigenvalue weighted by molar-refractivity contribution is 6.31. The van der Waals surface area contributed by atoms with Crippen molar-refractivity contribution in [2.45, 2.75) is 19.4 Å². The van der Waals surface area contributed by atoms with Gasteiger partial charge in [-0.05, 0) is 35.9 Å². The number of carbonyl (C=O) groups is 3. The van der Waals surface area contributed by atoms with Crippen LogP contribution in [0.25, 0.3) is 0 Å². The first-order valence-electron chi connectivity index (χ1n) is 7.58. The Morgan fingerprint density at radius 3 is 2.28 bits per heavy atom. The molecule has 6 nitrogen and oxygen atoms in total. The van der Waals surface area contributed by atoms with Gasteiger partial charge in [0, 0.05) is 29.6 Å². The molecule has 0 unspecified atom stereocenters. The molecule has 25 heavy (non-hydrogen) atoms. The van der Waals surface area contributed by atoms with Crippen molar-refractivity contribution in [1.82, 2.24) is 5.32 Å². The monoisotopic (exact) mass is 359 g/mol. The minimum Gasteiger partial charge on any atom is -0.368 e. The first kappa shape index (κ1) is 18.5. The molecule has 3 amide bonds. The molecule has 0 bridgehead atoms. The largest absolute Gasteiger partial charge is 0.368 e. The van der Waals surface area contributed by atoms with E-state index in [0.29, 0.717) is 21.8 Å². The molecule has 0 aliphatic heterocycles. The van der Waals surface area contributed by atoms with Crippen molar-refractivity contribution in [3.05, 3.63) is 64.7 Å². The van der Waals surface area contributed by atoms with Gasteiger partial charge in [0.25, 0.3) is 5.91 Å². The van der Waals surface area contributed by atoms with Crippen molar-refractivity contribution in [3.8, 4) is 0 Å². The molecule has 0 spiro atoms. The Morgan fingerprint density at radius 1 is 1.08 bits per heavy atom. The number of nitrogens with two attached hydrogens (primary N) is 1. The number of carbonyl (C=O) groups excluding carboxylic acids is 3. The normalized spacial score (nSPS) is 11.4. The molecule has 0 saturated carbocycles. The van der Waals surface area contributed by atoms with Crippen LogP contribution in [-0.4, -0.2) is 23.8 Å². The van der Waals surface area contributed by atoms with E-state index in [1.165, 1.54) is 6.92 Å². The van der Waals surface area contributed by atoms with Crippen LogP contribution in [0.1, 0.15) is 22.8 Å². The van der Waals surface area contributed by atoms with Crippen LogP contribution in [0, 0.1) is 0 Å². The van der Waals surface area contributed by atoms with E-state index < -0.39 is 17.9 Å². The average Bonchev–Trinajstić information content (AvgIpc) is 2.56. The van der Waals surface area contributed by atoms with Gasteiger partial charge in [-0.3, -0.25) is 14.4 Å². The zero-order valence-electron chi connectivity index (χ0n) is 13.6. The third kappa shape index (κ3) is 5.32. The molecule has 7 heteroatoms. The summed E-state index contributed by atoms with van der Waals surface area (Å²) in [5.74, 6) is -1.29. The molecule has 130 valence electrons. The Labute approximate surface area is 150 Å². The number of rotatable bonds is 6. The second-order valence-corrected chi connectivity index (χ2v) is 5.89. The van der Waals surface area contributed by atoms with Gasteiger partial charge in [0.2, 0.25) is 11.8 Å². The smallest absolute Gasteiger partial charge is 0.251 e. The molecule has 0 aliphatic rings. The van der Waals surface area contributed by atoms with E-state index in [4.69, 9.17) is 17.3 Å². The van der Waals surface area contributed by atoms with Crippen LogP contribution in [0.4, 0.5) is 5.69 Å². The van der Waals surface area contributed by atoms with Gasteiger partial charge < -0.3 is 16.4 Å². The van der Waals surface area contributed by atoms with Crippen LogP contribution >= 0.6 is 11.6 Å². The van der Waals surface area contributed by atoms with E-state index in [1.54, 1.807) is 48.5 Å². The molecule has 2 rings (SSSR count). The molecular weight excluding hydrogens is 342 g/mol. The van der Waals surface area contributed by atoms with Crippen molar-refractivity contribution in [3.63, 3.8) is 0 Å². The number of anilines is 1. The maximum atomic E-state index is 12.3. The van der Waals surface area contributed by atoms with Gasteiger partial charge in [0.05, 0.1) is 0 Å². The number of amides is 3. The van der Waals surface area contributed by atoms with E-state index in [9.17, 15) is 14.4 Å². The minimum atomic E-state index is -0.887. The number of nitrogens with one attached hydrogen (secondary N) is 2. The summed E-state index contributed by atoms with van der Waals surface area (Å²) in [5, 5.41) is 5.72. The van der Waals surface area contributed by atoms with Crippen LogP contribution in [0.3, 0.4) is 0 Å². The third-order valence-electron chi connectivity index (χ3n) is 3.50. The fourth-order valence-corrected chi connectivity index (χ4v) is 2.47. The predicted molar refractivity (Wildman–Crippen MR) is 96.4 cm³/mol. The summed E-state index contributed by atoms with van der Waals surface area (Å²) < 4.78 is 0. The van der Waals surface area contributed by atoms with Crippen LogP contribution < -0.4 is 16.4 Å². The Balaban J connectivity index is 2.08. The maximum Gasteiger partial charge on any atom is 0.251 e. The molecular formula is C18H18ClN3O3. The van der Waals surface area contributed by atoms with Gasteiger partial charge in [-0.25, -0.2) is 0 Å². The van der Waals surface area contributed by atoms with Gasteiger partial charge in [-0.2, -0.15) is 0 Å². The van der Waals surface area contributed by atoms with Crippen LogP contribution in [0.2, 0.25) is 5.02 Å². The van der Waals surface area contributed by atoms with Crippen molar-refractivity contribution < 1.29 is 14.4 Å². The lowest BCUT2D eigenvalue weighted by Gasteiger charge is -2.16. The average molecular weight is 360 g/mol. The van der Waals surface area contributed by atoms with E-state index in [2.05, 4.69) is 10.6 Å². The molecule has 0 saturated heterocycles. The quantitative estimate of drug-likeness (QED) is 0.736. The van der Waals surface area contributed by atoms with Crippen molar-refractivity contribution >= 4 is 35.0 Å². The molecule has 0 fully saturated rings. The lowest BCUT2D eigenvalue weighted by molar-refractivity contribution is -0.119. The first-order valence-corrected chi connectivity index (χ1v) is 7.96. The fourth-order valence-electron chi connectivity index (χ4n) is 2.26. The molecule has 1 atom stereocenters. The molecule has 2 aromatic carbocycles. The Bertz CT molecular complexity index is 790. The summed E-state index contributed by atoms with van der Waals surface area (Å²) in [6, 6.07) is 12.5. The van der Waals surface area contributed by atoms with Gasteiger partial charge in [0.1, 0.15) is 6.04 Å². The molecule has 0 heterocycles. The number of hydrogen-bond donors (Lipinski definition) is 3. The van der Waals surface area contributed by atoms with Crippen LogP contribution in [-0.2, 0) is 16.0 Å². The summed E-state index contributed by atoms with van der Waals surface area (Å²) in [6.45, 7) is 1.40. The van der Waals surface area contributed by atoms with Crippen LogP contribution in [0.5, 0.6) is 0 Å². The molecule has 4 N–H and O–H groups in total. The number of hydrogen-bond acceptors (Lipinski definition) is 3. The molecule has 0 radical (unpaired) electrons. The standard InChI is InChI=1S/C18H18ClN3O3/c1-11(23)21-14-8-6-12(7-9-14)18(25)22-16(17(20)24)10-13-4-2-3-5-15(13)19/h2-9,16H,10H2,1H3,(H2,20,24)(H,21,23)(H,22,25)/t16-/m0/s1. The van der Waals surface area contributed by atoms with Crippen molar-refractivity contribution in [2.24, 2.45) is 5.73 Å². The fraction of sp³-hybridized carbons (Fsp3) is 0.167. The van der Waals surface area contributed by atoms with Gasteiger partial charge >= 0.3 is 0 Å². The van der Waals surface area contributed by atoms with Crippen LogP contribution in [0.15, 0.2) is 48.5 Å². The van der Waals surface area contributed by atoms with Crippen molar-refractivity contribution in [1.29, 1.82) is 0 Å². The van der Waals surface area contributed by atoms with E-state index >= 15 is 0 Å². The lowest BCUT2D eigenvalue weighted by atomic mass is 10.0. The highest BCUT2D eigenvalue weighted by atomic mass is 35.5. The number of primary amides is 1. The summed E-state index contributed by atoms with van der Waals surface area (Å²) >= 11 is 6.09. The van der Waals surface area contributed by atoms with E-state index in [0.717, 1.165) is 0 Å². The van der Waals surface area contributed by atoms with Gasteiger partial charge in [0.15, 0.2) is 0 Å². The number of halogens is 1. The molecule has 0 aromatic heterocycles. The Kier molecular flexibility index (Phi) is 6.14. The lowest BCUT2D eigenvalue weighted by Crippen LogP contribution is -2.45. The summed E-state index contributed by atoms with van der Waals surface area (Å²) in [4.78, 5) is 35.0. The van der Waals surface area contributed by atoms with Gasteiger partial charge in [-0.15, -0.1) is 0 Å². The zero-order valence-corrected chi connectivity index (χ0v) is 14.3. The van der Waals surface area contributed by atoms with Crippen molar-refractivity contribution in [2.75, 3.05) is 5.32 Å². The predicted octanol–water partition coefficient (Wildman–Crippen LogP) is 2.12. The highest BCUT2D eigenvalue weighted by Crippen LogP contribution is 2.17. The number of benzene rings is 2. The van der Waals surface area contributed by atoms with E-state index in [-0.39, 0.29) is 12.3 Å². The second-order valence-electron chi connectivity index (χ2n) is 5.48. The Morgan fingerprint density at radius 2 is 1.72 bits per heavy atom. The second kappa shape index (κ2) is 8.30. The Hall–Kier alpha value is -2.86. The topological polar surface area (TPSA) is 101 Å². The van der Waals surface area contributed by atoms with Gasteiger partial charge in [-0.1, -0.05) is 29.8 Å². The highest BCUT2D eigenvalue weighted by Gasteiger charge is 2.20. The SMILES string of the molecule is CC(=O)Nc1ccc(C(=O)N[C@@H](Cc2ccccc2Cl)C(N)=O)cc1. The summed E-state index contributed by atoms with van der Waals surface area (Å²) in [5.41, 5.74) is 7.03. The first-order chi connectivity index (χ1) is 11.9. The molecule has 2 aromatic rings.